The number of hydrogen-bond acceptors (Lipinski definition) is 13. The fourth-order valence-electron chi connectivity index (χ4n) is 3.25. The summed E-state index contributed by atoms with van der Waals surface area (Å²) >= 11 is 0. The number of rotatable bonds is 31. The molecule has 1 rings (SSSR count). The van der Waals surface area contributed by atoms with Crippen LogP contribution in [0.15, 0.2) is 30.3 Å². The van der Waals surface area contributed by atoms with Gasteiger partial charge < -0.3 is 57.4 Å². The molecule has 0 aliphatic heterocycles. The molecule has 0 aliphatic rings. The number of esters is 1. The van der Waals surface area contributed by atoms with Gasteiger partial charge in [0.25, 0.3) is 0 Å². The summed E-state index contributed by atoms with van der Waals surface area (Å²) in [5.41, 5.74) is 0.00747. The van der Waals surface area contributed by atoms with Gasteiger partial charge >= 0.3 is 12.1 Å². The lowest BCUT2D eigenvalue weighted by molar-refractivity contribution is -0.0259. The summed E-state index contributed by atoms with van der Waals surface area (Å²) < 4.78 is 59.2. The molecule has 14 heteroatoms. The number of carbonyl (C=O) groups excluding carboxylic acids is 2. The highest BCUT2D eigenvalue weighted by Crippen LogP contribution is 2.06. The zero-order chi connectivity index (χ0) is 33.4. The minimum Gasteiger partial charge on any atom is -0.460 e. The third-order valence-electron chi connectivity index (χ3n) is 5.36. The van der Waals surface area contributed by atoms with E-state index in [1.807, 2.05) is 26.8 Å². The van der Waals surface area contributed by atoms with Crippen molar-refractivity contribution in [2.45, 2.75) is 26.4 Å². The van der Waals surface area contributed by atoms with Gasteiger partial charge in [-0.25, -0.2) is 9.59 Å². The van der Waals surface area contributed by atoms with E-state index in [0.29, 0.717) is 131 Å². The molecule has 0 atom stereocenters. The highest BCUT2D eigenvalue weighted by atomic mass is 16.6. The monoisotopic (exact) mass is 661 g/mol. The Morgan fingerprint density at radius 1 is 0.500 bits per heavy atom. The van der Waals surface area contributed by atoms with Gasteiger partial charge in [0.1, 0.15) is 12.2 Å². The smallest absolute Gasteiger partial charge is 0.407 e. The molecule has 1 N–H and O–H groups in total. The maximum Gasteiger partial charge on any atom is 0.407 e. The first-order chi connectivity index (χ1) is 22.4. The Balaban J connectivity index is 1.66. The van der Waals surface area contributed by atoms with Crippen LogP contribution >= 0.6 is 0 Å². The molecule has 0 aliphatic carbocycles. The molecule has 0 saturated carbocycles. The van der Waals surface area contributed by atoms with Crippen LogP contribution in [0.2, 0.25) is 0 Å². The molecule has 14 nitrogen and oxygen atoms in total. The molecule has 1 aromatic rings. The van der Waals surface area contributed by atoms with E-state index in [9.17, 15) is 9.59 Å². The Bertz CT molecular complexity index is 839. The van der Waals surface area contributed by atoms with E-state index < -0.39 is 11.7 Å². The molecule has 46 heavy (non-hydrogen) atoms. The molecule has 0 saturated heterocycles. The summed E-state index contributed by atoms with van der Waals surface area (Å²) in [4.78, 5) is 23.3. The fourth-order valence-corrected chi connectivity index (χ4v) is 3.25. The summed E-state index contributed by atoms with van der Waals surface area (Å²) in [6, 6.07) is 8.84. The molecule has 0 unspecified atom stereocenters. The molecule has 0 aromatic heterocycles. The fraction of sp³-hybridized carbons (Fsp3) is 0.750. The molecule has 1 aromatic carbocycles. The van der Waals surface area contributed by atoms with Crippen LogP contribution in [0.3, 0.4) is 0 Å². The maximum atomic E-state index is 11.8. The largest absolute Gasteiger partial charge is 0.460 e. The van der Waals surface area contributed by atoms with Crippen molar-refractivity contribution in [3.8, 4) is 0 Å². The van der Waals surface area contributed by atoms with Gasteiger partial charge in [-0.1, -0.05) is 18.2 Å². The van der Waals surface area contributed by atoms with E-state index in [4.69, 9.17) is 52.1 Å². The number of nitrogens with one attached hydrogen (secondary N) is 1. The first kappa shape index (κ1) is 41.6. The first-order valence-corrected chi connectivity index (χ1v) is 15.8. The number of amides is 1. The van der Waals surface area contributed by atoms with E-state index in [2.05, 4.69) is 5.32 Å². The van der Waals surface area contributed by atoms with Crippen LogP contribution in [0, 0.1) is 0 Å². The minimum atomic E-state index is -0.514. The van der Waals surface area contributed by atoms with Gasteiger partial charge in [-0.05, 0) is 32.9 Å². The summed E-state index contributed by atoms with van der Waals surface area (Å²) in [5.74, 6) is -0.360. The number of alkyl carbamates (subject to hydrolysis) is 1. The van der Waals surface area contributed by atoms with Crippen molar-refractivity contribution in [2.24, 2.45) is 0 Å². The van der Waals surface area contributed by atoms with E-state index >= 15 is 0 Å². The van der Waals surface area contributed by atoms with Crippen LogP contribution in [0.4, 0.5) is 4.79 Å². The van der Waals surface area contributed by atoms with Crippen LogP contribution in [0.5, 0.6) is 0 Å². The second kappa shape index (κ2) is 30.0. The Morgan fingerprint density at radius 2 is 0.826 bits per heavy atom. The van der Waals surface area contributed by atoms with Crippen LogP contribution in [0.1, 0.15) is 31.1 Å². The van der Waals surface area contributed by atoms with Gasteiger partial charge in [0.15, 0.2) is 0 Å². The molecule has 0 bridgehead atoms. The first-order valence-electron chi connectivity index (χ1n) is 15.8. The lowest BCUT2D eigenvalue weighted by Crippen LogP contribution is -2.34. The molecule has 0 heterocycles. The Hall–Kier alpha value is -2.40. The van der Waals surface area contributed by atoms with Gasteiger partial charge in [0, 0.05) is 6.54 Å². The summed E-state index contributed by atoms with van der Waals surface area (Å²) in [5, 5.41) is 2.63. The standard InChI is InChI=1S/C32H55NO13/c1-32(2,3)46-31(35)33-9-10-36-11-12-37-13-14-38-15-16-39-17-18-40-19-20-41-21-22-42-23-24-43-25-26-44-27-28-45-30(34)29-7-5-4-6-8-29/h4-8H,9-28H2,1-3H3,(H,33,35). The van der Waals surface area contributed by atoms with Crippen molar-refractivity contribution in [3.05, 3.63) is 35.9 Å². The lowest BCUT2D eigenvalue weighted by atomic mass is 10.2. The third kappa shape index (κ3) is 29.0. The summed E-state index contributed by atoms with van der Waals surface area (Å²) in [6.07, 6.45) is -0.456. The van der Waals surface area contributed by atoms with Crippen LogP contribution in [-0.4, -0.2) is 150 Å². The van der Waals surface area contributed by atoms with E-state index in [0.717, 1.165) is 0 Å². The van der Waals surface area contributed by atoms with Gasteiger partial charge in [0.05, 0.1) is 124 Å². The lowest BCUT2D eigenvalue weighted by Gasteiger charge is -2.19. The Kier molecular flexibility index (Phi) is 27.1. The topological polar surface area (TPSA) is 148 Å². The summed E-state index contributed by atoms with van der Waals surface area (Å²) in [6.45, 7) is 14.2. The number of carbonyl (C=O) groups is 2. The van der Waals surface area contributed by atoms with E-state index in [-0.39, 0.29) is 12.6 Å². The highest BCUT2D eigenvalue weighted by molar-refractivity contribution is 5.89. The molecule has 1 amide bonds. The predicted octanol–water partition coefficient (Wildman–Crippen LogP) is 2.52. The van der Waals surface area contributed by atoms with E-state index in [1.165, 1.54) is 0 Å². The Morgan fingerprint density at radius 3 is 1.17 bits per heavy atom. The van der Waals surface area contributed by atoms with Gasteiger partial charge in [-0.2, -0.15) is 0 Å². The van der Waals surface area contributed by atoms with Crippen molar-refractivity contribution < 1.29 is 61.7 Å². The molecule has 0 fully saturated rings. The van der Waals surface area contributed by atoms with Crippen molar-refractivity contribution in [1.82, 2.24) is 5.32 Å². The van der Waals surface area contributed by atoms with Crippen molar-refractivity contribution in [2.75, 3.05) is 132 Å². The molecular formula is C32H55NO13. The van der Waals surface area contributed by atoms with Crippen LogP contribution in [-0.2, 0) is 52.1 Å². The minimum absolute atomic E-state index is 0.197. The van der Waals surface area contributed by atoms with Crippen molar-refractivity contribution in [1.29, 1.82) is 0 Å². The average Bonchev–Trinajstić information content (AvgIpc) is 3.03. The number of benzene rings is 1. The van der Waals surface area contributed by atoms with Crippen molar-refractivity contribution >= 4 is 12.1 Å². The SMILES string of the molecule is CC(C)(C)OC(=O)NCCOCCOCCOCCOCCOCCOCCOCCOCCOCCOC(=O)c1ccccc1. The second-order valence-electron chi connectivity index (χ2n) is 10.4. The van der Waals surface area contributed by atoms with E-state index in [1.54, 1.807) is 24.3 Å². The summed E-state index contributed by atoms with van der Waals surface area (Å²) in [7, 11) is 0. The number of hydrogen-bond donors (Lipinski definition) is 1. The zero-order valence-corrected chi connectivity index (χ0v) is 27.8. The average molecular weight is 662 g/mol. The second-order valence-corrected chi connectivity index (χ2v) is 10.4. The maximum absolute atomic E-state index is 11.8. The predicted molar refractivity (Wildman–Crippen MR) is 168 cm³/mol. The van der Waals surface area contributed by atoms with Crippen LogP contribution < -0.4 is 5.32 Å². The third-order valence-corrected chi connectivity index (χ3v) is 5.36. The molecule has 0 radical (unpaired) electrons. The van der Waals surface area contributed by atoms with Gasteiger partial charge in [-0.3, -0.25) is 0 Å². The molecule has 0 spiro atoms. The van der Waals surface area contributed by atoms with Gasteiger partial charge in [-0.15, -0.1) is 0 Å². The quantitative estimate of drug-likeness (QED) is 0.0919. The van der Waals surface area contributed by atoms with Crippen molar-refractivity contribution in [3.63, 3.8) is 0 Å². The molecular weight excluding hydrogens is 606 g/mol. The van der Waals surface area contributed by atoms with Gasteiger partial charge in [0.2, 0.25) is 0 Å². The Labute approximate surface area is 273 Å². The number of ether oxygens (including phenoxy) is 11. The van der Waals surface area contributed by atoms with Crippen LogP contribution in [0.25, 0.3) is 0 Å². The highest BCUT2D eigenvalue weighted by Gasteiger charge is 2.15. The molecule has 266 valence electrons. The zero-order valence-electron chi connectivity index (χ0n) is 27.8. The normalized spacial score (nSPS) is 11.5.